The van der Waals surface area contributed by atoms with E-state index in [-0.39, 0.29) is 5.41 Å². The van der Waals surface area contributed by atoms with Crippen molar-refractivity contribution in [3.8, 4) is 0 Å². The van der Waals surface area contributed by atoms with Crippen LogP contribution in [-0.4, -0.2) is 10.7 Å². The van der Waals surface area contributed by atoms with Crippen LogP contribution in [0.25, 0.3) is 0 Å². The van der Waals surface area contributed by atoms with Gasteiger partial charge in [-0.05, 0) is 37.3 Å². The van der Waals surface area contributed by atoms with Crippen LogP contribution in [0, 0.1) is 5.41 Å². The van der Waals surface area contributed by atoms with Crippen LogP contribution in [0.3, 0.4) is 0 Å². The summed E-state index contributed by atoms with van der Waals surface area (Å²) in [5.74, 6) is 0.521. The van der Waals surface area contributed by atoms with Gasteiger partial charge in [-0.1, -0.05) is 42.6 Å². The van der Waals surface area contributed by atoms with Crippen molar-refractivity contribution in [3.05, 3.63) is 34.0 Å². The molecule has 0 saturated carbocycles. The molecule has 1 N–H and O–H groups in total. The van der Waals surface area contributed by atoms with E-state index < -0.39 is 0 Å². The Bertz CT molecular complexity index is 548. The van der Waals surface area contributed by atoms with Gasteiger partial charge in [-0.15, -0.1) is 0 Å². The van der Waals surface area contributed by atoms with E-state index in [1.807, 2.05) is 0 Å². The predicted octanol–water partition coefficient (Wildman–Crippen LogP) is 4.92. The Kier molecular flexibility index (Phi) is 4.16. The molecule has 1 aliphatic rings. The van der Waals surface area contributed by atoms with Crippen LogP contribution in [-0.2, 0) is 0 Å². The molecule has 0 bridgehead atoms. The molecule has 19 heavy (non-hydrogen) atoms. The SMILES string of the molecule is CC1=C/C(=N/Nc2ncc(Cl)cc2Cl)CC(C)(C)C1. The van der Waals surface area contributed by atoms with Crippen molar-refractivity contribution in [2.24, 2.45) is 10.5 Å². The molecule has 0 unspecified atom stereocenters. The first-order chi connectivity index (χ1) is 8.85. The molecule has 1 heterocycles. The highest BCUT2D eigenvalue weighted by molar-refractivity contribution is 6.35. The minimum Gasteiger partial charge on any atom is -0.260 e. The second-order valence-electron chi connectivity index (χ2n) is 5.71. The van der Waals surface area contributed by atoms with Crippen molar-refractivity contribution >= 4 is 34.7 Å². The van der Waals surface area contributed by atoms with Crippen molar-refractivity contribution in [1.82, 2.24) is 4.98 Å². The van der Waals surface area contributed by atoms with Gasteiger partial charge in [0.1, 0.15) is 0 Å². The summed E-state index contributed by atoms with van der Waals surface area (Å²) in [6, 6.07) is 1.64. The van der Waals surface area contributed by atoms with Crippen LogP contribution >= 0.6 is 23.2 Å². The van der Waals surface area contributed by atoms with Crippen LogP contribution < -0.4 is 5.43 Å². The molecule has 0 saturated heterocycles. The number of nitrogens with one attached hydrogen (secondary N) is 1. The molecule has 0 amide bonds. The minimum atomic E-state index is 0.247. The Morgan fingerprint density at radius 1 is 1.32 bits per heavy atom. The molecular weight excluding hydrogens is 281 g/mol. The van der Waals surface area contributed by atoms with Gasteiger partial charge in [-0.3, -0.25) is 5.43 Å². The lowest BCUT2D eigenvalue weighted by atomic mass is 9.77. The molecule has 0 aromatic carbocycles. The number of rotatable bonds is 2. The summed E-state index contributed by atoms with van der Waals surface area (Å²) in [6.07, 6.45) is 5.69. The van der Waals surface area contributed by atoms with Gasteiger partial charge < -0.3 is 0 Å². The fourth-order valence-corrected chi connectivity index (χ4v) is 2.81. The van der Waals surface area contributed by atoms with Gasteiger partial charge >= 0.3 is 0 Å². The molecule has 3 nitrogen and oxygen atoms in total. The fourth-order valence-electron chi connectivity index (χ4n) is 2.39. The highest BCUT2D eigenvalue weighted by Gasteiger charge is 2.24. The van der Waals surface area contributed by atoms with E-state index in [1.54, 1.807) is 12.3 Å². The summed E-state index contributed by atoms with van der Waals surface area (Å²) in [5, 5.41) is 5.37. The molecule has 102 valence electrons. The van der Waals surface area contributed by atoms with Gasteiger partial charge in [0, 0.05) is 6.20 Å². The highest BCUT2D eigenvalue weighted by Crippen LogP contribution is 2.33. The summed E-state index contributed by atoms with van der Waals surface area (Å²) in [6.45, 7) is 6.61. The van der Waals surface area contributed by atoms with Gasteiger partial charge in [-0.2, -0.15) is 5.10 Å². The van der Waals surface area contributed by atoms with E-state index in [0.29, 0.717) is 15.9 Å². The molecule has 0 atom stereocenters. The lowest BCUT2D eigenvalue weighted by molar-refractivity contribution is 0.373. The second-order valence-corrected chi connectivity index (χ2v) is 6.55. The highest BCUT2D eigenvalue weighted by atomic mass is 35.5. The monoisotopic (exact) mass is 297 g/mol. The lowest BCUT2D eigenvalue weighted by Crippen LogP contribution is -2.22. The van der Waals surface area contributed by atoms with Gasteiger partial charge in [0.2, 0.25) is 0 Å². The standard InChI is InChI=1S/C14H17Cl2N3/c1-9-4-11(7-14(2,3)6-9)18-19-13-12(16)5-10(15)8-17-13/h4-5,8H,6-7H2,1-3H3,(H,17,19)/b18-11-. The number of nitrogens with zero attached hydrogens (tertiary/aromatic N) is 2. The number of pyridine rings is 1. The topological polar surface area (TPSA) is 37.3 Å². The van der Waals surface area contributed by atoms with Crippen LogP contribution in [0.5, 0.6) is 0 Å². The lowest BCUT2D eigenvalue weighted by Gasteiger charge is -2.29. The first-order valence-electron chi connectivity index (χ1n) is 6.16. The maximum Gasteiger partial charge on any atom is 0.165 e. The van der Waals surface area contributed by atoms with Crippen molar-refractivity contribution < 1.29 is 0 Å². The van der Waals surface area contributed by atoms with E-state index in [0.717, 1.165) is 18.6 Å². The quantitative estimate of drug-likeness (QED) is 0.787. The van der Waals surface area contributed by atoms with Gasteiger partial charge in [0.05, 0.1) is 15.8 Å². The van der Waals surface area contributed by atoms with E-state index in [4.69, 9.17) is 23.2 Å². The van der Waals surface area contributed by atoms with Gasteiger partial charge in [-0.25, -0.2) is 4.98 Å². The summed E-state index contributed by atoms with van der Waals surface area (Å²) < 4.78 is 0. The Morgan fingerprint density at radius 2 is 2.05 bits per heavy atom. The van der Waals surface area contributed by atoms with Gasteiger partial charge in [0.25, 0.3) is 0 Å². The molecule has 1 aromatic heterocycles. The third-order valence-electron chi connectivity index (χ3n) is 2.94. The maximum atomic E-state index is 6.04. The summed E-state index contributed by atoms with van der Waals surface area (Å²) in [4.78, 5) is 4.11. The third-order valence-corrected chi connectivity index (χ3v) is 3.44. The normalized spacial score (nSPS) is 20.3. The number of hydrogen-bond acceptors (Lipinski definition) is 3. The van der Waals surface area contributed by atoms with E-state index >= 15 is 0 Å². The Balaban J connectivity index is 2.16. The van der Waals surface area contributed by atoms with E-state index in [9.17, 15) is 0 Å². The van der Waals surface area contributed by atoms with Crippen molar-refractivity contribution in [1.29, 1.82) is 0 Å². The third kappa shape index (κ3) is 3.95. The number of aromatic nitrogens is 1. The zero-order chi connectivity index (χ0) is 14.0. The van der Waals surface area contributed by atoms with Crippen molar-refractivity contribution in [2.75, 3.05) is 5.43 Å². The average molecular weight is 298 g/mol. The van der Waals surface area contributed by atoms with Gasteiger partial charge in [0.15, 0.2) is 5.82 Å². The van der Waals surface area contributed by atoms with E-state index in [1.165, 1.54) is 5.57 Å². The molecule has 0 fully saturated rings. The summed E-state index contributed by atoms with van der Waals surface area (Å²) >= 11 is 11.8. The van der Waals surface area contributed by atoms with Crippen LogP contribution in [0.15, 0.2) is 29.0 Å². The number of hydrazone groups is 1. The fraction of sp³-hybridized carbons (Fsp3) is 0.429. The Morgan fingerprint density at radius 3 is 2.68 bits per heavy atom. The molecular formula is C14H17Cl2N3. The number of hydrogen-bond donors (Lipinski definition) is 1. The van der Waals surface area contributed by atoms with E-state index in [2.05, 4.69) is 42.4 Å². The molecule has 0 aliphatic heterocycles. The largest absolute Gasteiger partial charge is 0.260 e. The van der Waals surface area contributed by atoms with Crippen molar-refractivity contribution in [2.45, 2.75) is 33.6 Å². The number of anilines is 1. The average Bonchev–Trinajstić information content (AvgIpc) is 2.25. The molecule has 1 aromatic rings. The van der Waals surface area contributed by atoms with Crippen LogP contribution in [0.4, 0.5) is 5.82 Å². The first-order valence-corrected chi connectivity index (χ1v) is 6.92. The zero-order valence-electron chi connectivity index (χ0n) is 11.3. The maximum absolute atomic E-state index is 6.04. The number of allylic oxidation sites excluding steroid dienone is 2. The molecule has 1 aliphatic carbocycles. The Labute approximate surface area is 123 Å². The van der Waals surface area contributed by atoms with Crippen molar-refractivity contribution in [3.63, 3.8) is 0 Å². The van der Waals surface area contributed by atoms with Crippen LogP contribution in [0.2, 0.25) is 10.0 Å². The minimum absolute atomic E-state index is 0.247. The summed E-state index contributed by atoms with van der Waals surface area (Å²) in [7, 11) is 0. The number of halogens is 2. The zero-order valence-corrected chi connectivity index (χ0v) is 12.8. The summed E-state index contributed by atoms with van der Waals surface area (Å²) in [5.41, 5.74) is 5.51. The molecule has 5 heteroatoms. The van der Waals surface area contributed by atoms with Crippen LogP contribution in [0.1, 0.15) is 33.6 Å². The molecule has 0 spiro atoms. The smallest absolute Gasteiger partial charge is 0.165 e. The first kappa shape index (κ1) is 14.4. The molecule has 2 rings (SSSR count). The molecule has 0 radical (unpaired) electrons. The second kappa shape index (κ2) is 5.51. The Hall–Kier alpha value is -1.06. The predicted molar refractivity (Wildman–Crippen MR) is 82.1 cm³/mol.